The van der Waals surface area contributed by atoms with Gasteiger partial charge in [-0.2, -0.15) is 0 Å². The van der Waals surface area contributed by atoms with Crippen LogP contribution in [0.1, 0.15) is 24.2 Å². The fourth-order valence-electron chi connectivity index (χ4n) is 2.28. The minimum Gasteiger partial charge on any atom is -0.467 e. The lowest BCUT2D eigenvalue weighted by atomic mass is 10.2. The smallest absolute Gasteiger partial charge is 0.125 e. The van der Waals surface area contributed by atoms with Crippen molar-refractivity contribution in [2.75, 3.05) is 4.90 Å². The van der Waals surface area contributed by atoms with Crippen LogP contribution >= 0.6 is 0 Å². The third-order valence-electron chi connectivity index (χ3n) is 3.35. The van der Waals surface area contributed by atoms with Gasteiger partial charge in [-0.15, -0.1) is 0 Å². The second kappa shape index (κ2) is 5.05. The molecule has 1 saturated carbocycles. The van der Waals surface area contributed by atoms with E-state index >= 15 is 0 Å². The first-order chi connectivity index (χ1) is 9.26. The fourth-order valence-corrected chi connectivity index (χ4v) is 2.28. The molecule has 1 fully saturated rings. The molecule has 1 aliphatic carbocycles. The molecule has 0 amide bonds. The van der Waals surface area contributed by atoms with E-state index in [2.05, 4.69) is 4.90 Å². The monoisotopic (exact) mass is 261 g/mol. The Morgan fingerprint density at radius 3 is 2.79 bits per heavy atom. The number of benzene rings is 1. The Balaban J connectivity index is 1.89. The maximum absolute atomic E-state index is 13.6. The molecule has 0 aliphatic heterocycles. The van der Waals surface area contributed by atoms with Gasteiger partial charge in [-0.05, 0) is 48.7 Å². The Morgan fingerprint density at radius 2 is 2.16 bits per heavy atom. The predicted octanol–water partition coefficient (Wildman–Crippen LogP) is 3.08. The molecule has 1 N–H and O–H groups in total. The van der Waals surface area contributed by atoms with Crippen LogP contribution in [0.25, 0.3) is 0 Å². The average Bonchev–Trinajstić information content (AvgIpc) is 3.12. The van der Waals surface area contributed by atoms with E-state index in [0.717, 1.165) is 24.3 Å². The van der Waals surface area contributed by atoms with Gasteiger partial charge in [0, 0.05) is 11.7 Å². The Kier molecular flexibility index (Phi) is 3.25. The molecule has 1 aromatic carbocycles. The topological polar surface area (TPSA) is 36.6 Å². The number of hydrogen-bond acceptors (Lipinski definition) is 3. The molecule has 3 nitrogen and oxygen atoms in total. The van der Waals surface area contributed by atoms with Crippen molar-refractivity contribution in [3.05, 3.63) is 53.7 Å². The van der Waals surface area contributed by atoms with Gasteiger partial charge in [-0.1, -0.05) is 0 Å². The van der Waals surface area contributed by atoms with Crippen LogP contribution in [0.2, 0.25) is 0 Å². The summed E-state index contributed by atoms with van der Waals surface area (Å²) in [7, 11) is 0. The van der Waals surface area contributed by atoms with E-state index in [9.17, 15) is 9.50 Å². The summed E-state index contributed by atoms with van der Waals surface area (Å²) in [6.07, 6.45) is 3.88. The SMILES string of the molecule is OCc1cc(F)cc(N(Cc2ccco2)C2CC2)c1. The molecule has 0 atom stereocenters. The van der Waals surface area contributed by atoms with Gasteiger partial charge < -0.3 is 14.4 Å². The van der Waals surface area contributed by atoms with Gasteiger partial charge in [0.05, 0.1) is 19.4 Å². The van der Waals surface area contributed by atoms with Gasteiger partial charge in [0.25, 0.3) is 0 Å². The van der Waals surface area contributed by atoms with Crippen molar-refractivity contribution in [3.63, 3.8) is 0 Å². The van der Waals surface area contributed by atoms with Crippen molar-refractivity contribution in [3.8, 4) is 0 Å². The Bertz CT molecular complexity index is 549. The minimum atomic E-state index is -0.313. The highest BCUT2D eigenvalue weighted by Crippen LogP contribution is 2.34. The zero-order valence-corrected chi connectivity index (χ0v) is 10.6. The molecule has 0 radical (unpaired) electrons. The van der Waals surface area contributed by atoms with Gasteiger partial charge in [0.1, 0.15) is 11.6 Å². The molecular formula is C15H16FNO2. The van der Waals surface area contributed by atoms with Crippen LogP contribution in [-0.4, -0.2) is 11.1 Å². The summed E-state index contributed by atoms with van der Waals surface area (Å²) >= 11 is 0. The zero-order chi connectivity index (χ0) is 13.2. The van der Waals surface area contributed by atoms with Crippen LogP contribution < -0.4 is 4.90 Å². The molecule has 1 aliphatic rings. The molecule has 0 spiro atoms. The maximum atomic E-state index is 13.6. The Hall–Kier alpha value is -1.81. The van der Waals surface area contributed by atoms with Gasteiger partial charge in [-0.3, -0.25) is 0 Å². The summed E-state index contributed by atoms with van der Waals surface area (Å²) < 4.78 is 18.9. The third kappa shape index (κ3) is 2.79. The third-order valence-corrected chi connectivity index (χ3v) is 3.35. The van der Waals surface area contributed by atoms with Gasteiger partial charge in [-0.25, -0.2) is 4.39 Å². The van der Waals surface area contributed by atoms with Crippen LogP contribution in [0.4, 0.5) is 10.1 Å². The van der Waals surface area contributed by atoms with Crippen molar-refractivity contribution >= 4 is 5.69 Å². The summed E-state index contributed by atoms with van der Waals surface area (Å²) in [6, 6.07) is 8.93. The molecule has 19 heavy (non-hydrogen) atoms. The highest BCUT2D eigenvalue weighted by molar-refractivity contribution is 5.51. The highest BCUT2D eigenvalue weighted by Gasteiger charge is 2.30. The van der Waals surface area contributed by atoms with Crippen molar-refractivity contribution in [2.45, 2.75) is 32.0 Å². The molecule has 4 heteroatoms. The zero-order valence-electron chi connectivity index (χ0n) is 10.6. The van der Waals surface area contributed by atoms with Crippen LogP contribution in [0.5, 0.6) is 0 Å². The van der Waals surface area contributed by atoms with Gasteiger partial charge in [0.2, 0.25) is 0 Å². The normalized spacial score (nSPS) is 14.6. The van der Waals surface area contributed by atoms with E-state index in [4.69, 9.17) is 4.42 Å². The molecule has 3 rings (SSSR count). The first kappa shape index (κ1) is 12.2. The number of aliphatic hydroxyl groups excluding tert-OH is 1. The van der Waals surface area contributed by atoms with Crippen LogP contribution in [0.3, 0.4) is 0 Å². The summed E-state index contributed by atoms with van der Waals surface area (Å²) in [6.45, 7) is 0.482. The average molecular weight is 261 g/mol. The molecule has 0 saturated heterocycles. The number of nitrogens with zero attached hydrogens (tertiary/aromatic N) is 1. The maximum Gasteiger partial charge on any atom is 0.125 e. The number of rotatable bonds is 5. The standard InChI is InChI=1S/C15H16FNO2/c16-12-6-11(10-18)7-14(8-12)17(13-3-4-13)9-15-2-1-5-19-15/h1-2,5-8,13,18H,3-4,9-10H2. The lowest BCUT2D eigenvalue weighted by molar-refractivity contribution is 0.281. The van der Waals surface area contributed by atoms with E-state index in [-0.39, 0.29) is 12.4 Å². The van der Waals surface area contributed by atoms with Crippen molar-refractivity contribution in [1.29, 1.82) is 0 Å². The van der Waals surface area contributed by atoms with E-state index in [1.807, 2.05) is 18.2 Å². The lowest BCUT2D eigenvalue weighted by Crippen LogP contribution is -2.25. The van der Waals surface area contributed by atoms with Crippen LogP contribution in [-0.2, 0) is 13.2 Å². The Labute approximate surface area is 111 Å². The number of anilines is 1. The predicted molar refractivity (Wildman–Crippen MR) is 70.2 cm³/mol. The molecule has 0 bridgehead atoms. The lowest BCUT2D eigenvalue weighted by Gasteiger charge is -2.24. The number of halogens is 1. The van der Waals surface area contributed by atoms with Crippen molar-refractivity contribution in [2.24, 2.45) is 0 Å². The fraction of sp³-hybridized carbons (Fsp3) is 0.333. The summed E-state index contributed by atoms with van der Waals surface area (Å²) in [5, 5.41) is 9.18. The van der Waals surface area contributed by atoms with Crippen molar-refractivity contribution in [1.82, 2.24) is 0 Å². The summed E-state index contributed by atoms with van der Waals surface area (Å²) in [5.74, 6) is 0.549. The molecule has 100 valence electrons. The largest absolute Gasteiger partial charge is 0.467 e. The number of furan rings is 1. The first-order valence-electron chi connectivity index (χ1n) is 6.45. The van der Waals surface area contributed by atoms with E-state index in [1.165, 1.54) is 12.1 Å². The number of hydrogen-bond donors (Lipinski definition) is 1. The quantitative estimate of drug-likeness (QED) is 0.898. The van der Waals surface area contributed by atoms with Gasteiger partial charge >= 0.3 is 0 Å². The van der Waals surface area contributed by atoms with E-state index in [0.29, 0.717) is 18.2 Å². The van der Waals surface area contributed by atoms with Crippen molar-refractivity contribution < 1.29 is 13.9 Å². The second-order valence-electron chi connectivity index (χ2n) is 4.91. The first-order valence-corrected chi connectivity index (χ1v) is 6.45. The summed E-state index contributed by atoms with van der Waals surface area (Å²) in [4.78, 5) is 2.14. The number of aliphatic hydroxyl groups is 1. The second-order valence-corrected chi connectivity index (χ2v) is 4.91. The molecule has 0 unspecified atom stereocenters. The molecular weight excluding hydrogens is 245 g/mol. The highest BCUT2D eigenvalue weighted by atomic mass is 19.1. The van der Waals surface area contributed by atoms with E-state index in [1.54, 1.807) is 6.26 Å². The molecule has 1 heterocycles. The van der Waals surface area contributed by atoms with E-state index < -0.39 is 0 Å². The Morgan fingerprint density at radius 1 is 1.32 bits per heavy atom. The van der Waals surface area contributed by atoms with Crippen LogP contribution in [0.15, 0.2) is 41.0 Å². The van der Waals surface area contributed by atoms with Gasteiger partial charge in [0.15, 0.2) is 0 Å². The minimum absolute atomic E-state index is 0.149. The molecule has 1 aromatic heterocycles. The molecule has 2 aromatic rings. The van der Waals surface area contributed by atoms with Crippen LogP contribution in [0, 0.1) is 5.82 Å². The summed E-state index contributed by atoms with van der Waals surface area (Å²) in [5.41, 5.74) is 1.41.